The van der Waals surface area contributed by atoms with Gasteiger partial charge in [0, 0.05) is 11.5 Å². The zero-order valence-electron chi connectivity index (χ0n) is 8.27. The van der Waals surface area contributed by atoms with Crippen molar-refractivity contribution in [1.29, 1.82) is 0 Å². The minimum Gasteiger partial charge on any atom is -0.481 e. The minimum atomic E-state index is -0.641. The Morgan fingerprint density at radius 3 is 3.00 bits per heavy atom. The molecule has 1 atom stereocenters. The third-order valence-corrected chi connectivity index (χ3v) is 2.14. The maximum Gasteiger partial charge on any atom is 0.258 e. The summed E-state index contributed by atoms with van der Waals surface area (Å²) in [5.74, 6) is 0.0818. The number of rotatable bonds is 3. The zero-order chi connectivity index (χ0) is 10.8. The van der Waals surface area contributed by atoms with E-state index in [1.165, 1.54) is 0 Å². The summed E-state index contributed by atoms with van der Waals surface area (Å²) in [4.78, 5) is 10.8. The van der Waals surface area contributed by atoms with Crippen molar-refractivity contribution in [2.24, 2.45) is 5.73 Å². The van der Waals surface area contributed by atoms with Crippen LogP contribution in [0.15, 0.2) is 34.9 Å². The van der Waals surface area contributed by atoms with Crippen LogP contribution in [-0.4, -0.2) is 12.0 Å². The second kappa shape index (κ2) is 3.65. The first-order valence-electron chi connectivity index (χ1n) is 4.60. The number of amides is 1. The molecule has 78 valence electrons. The molecule has 15 heavy (non-hydrogen) atoms. The van der Waals surface area contributed by atoms with Crippen LogP contribution in [0.1, 0.15) is 6.92 Å². The van der Waals surface area contributed by atoms with E-state index in [9.17, 15) is 4.79 Å². The molecule has 4 nitrogen and oxygen atoms in total. The van der Waals surface area contributed by atoms with Crippen LogP contribution in [0.2, 0.25) is 0 Å². The Hall–Kier alpha value is -1.97. The van der Waals surface area contributed by atoms with Crippen molar-refractivity contribution >= 4 is 16.9 Å². The number of furan rings is 1. The van der Waals surface area contributed by atoms with E-state index in [1.54, 1.807) is 25.3 Å². The second-order valence-corrected chi connectivity index (χ2v) is 3.28. The average Bonchev–Trinajstić information content (AvgIpc) is 2.64. The van der Waals surface area contributed by atoms with Crippen LogP contribution in [0.25, 0.3) is 11.0 Å². The Morgan fingerprint density at radius 2 is 2.27 bits per heavy atom. The lowest BCUT2D eigenvalue weighted by Gasteiger charge is -2.10. The van der Waals surface area contributed by atoms with Crippen molar-refractivity contribution in [2.45, 2.75) is 13.0 Å². The standard InChI is InChI=1S/C11H11NO3/c1-7(11(12)13)15-9-3-2-8-4-5-14-10(8)6-9/h2-7H,1H3,(H2,12,13). The van der Waals surface area contributed by atoms with Gasteiger partial charge in [0.2, 0.25) is 0 Å². The largest absolute Gasteiger partial charge is 0.481 e. The predicted octanol–water partition coefficient (Wildman–Crippen LogP) is 1.69. The number of fused-ring (bicyclic) bond motifs is 1. The normalized spacial score (nSPS) is 12.6. The summed E-state index contributed by atoms with van der Waals surface area (Å²) in [6, 6.07) is 7.23. The van der Waals surface area contributed by atoms with Crippen molar-refractivity contribution in [3.05, 3.63) is 30.5 Å². The fourth-order valence-electron chi connectivity index (χ4n) is 1.27. The summed E-state index contributed by atoms with van der Waals surface area (Å²) in [5, 5.41) is 0.995. The highest BCUT2D eigenvalue weighted by atomic mass is 16.5. The number of hydrogen-bond acceptors (Lipinski definition) is 3. The van der Waals surface area contributed by atoms with Gasteiger partial charge in [0.15, 0.2) is 6.10 Å². The van der Waals surface area contributed by atoms with Gasteiger partial charge in [-0.1, -0.05) is 0 Å². The minimum absolute atomic E-state index is 0.491. The molecule has 1 aromatic heterocycles. The first-order chi connectivity index (χ1) is 7.16. The Bertz CT molecular complexity index is 489. The van der Waals surface area contributed by atoms with E-state index >= 15 is 0 Å². The maximum atomic E-state index is 10.8. The smallest absolute Gasteiger partial charge is 0.258 e. The van der Waals surface area contributed by atoms with Crippen LogP contribution in [0, 0.1) is 0 Å². The number of ether oxygens (including phenoxy) is 1. The summed E-state index contributed by atoms with van der Waals surface area (Å²) >= 11 is 0. The molecular weight excluding hydrogens is 194 g/mol. The van der Waals surface area contributed by atoms with Gasteiger partial charge in [-0.25, -0.2) is 0 Å². The first kappa shape index (κ1) is 9.58. The van der Waals surface area contributed by atoms with Crippen molar-refractivity contribution in [2.75, 3.05) is 0 Å². The van der Waals surface area contributed by atoms with E-state index in [-0.39, 0.29) is 0 Å². The molecule has 1 unspecified atom stereocenters. The molecular formula is C11H11NO3. The molecule has 0 aliphatic heterocycles. The van der Waals surface area contributed by atoms with Crippen LogP contribution in [0.3, 0.4) is 0 Å². The lowest BCUT2D eigenvalue weighted by atomic mass is 10.2. The Kier molecular flexibility index (Phi) is 2.33. The highest BCUT2D eigenvalue weighted by Gasteiger charge is 2.10. The fraction of sp³-hybridized carbons (Fsp3) is 0.182. The van der Waals surface area contributed by atoms with Gasteiger partial charge in [-0.15, -0.1) is 0 Å². The van der Waals surface area contributed by atoms with Gasteiger partial charge >= 0.3 is 0 Å². The van der Waals surface area contributed by atoms with Gasteiger partial charge in [-0.05, 0) is 25.1 Å². The summed E-state index contributed by atoms with van der Waals surface area (Å²) in [6.07, 6.45) is 0.962. The molecule has 0 spiro atoms. The molecule has 0 saturated heterocycles. The summed E-state index contributed by atoms with van der Waals surface area (Å²) in [6.45, 7) is 1.61. The van der Waals surface area contributed by atoms with E-state index in [4.69, 9.17) is 14.9 Å². The number of hydrogen-bond donors (Lipinski definition) is 1. The van der Waals surface area contributed by atoms with Crippen molar-refractivity contribution in [1.82, 2.24) is 0 Å². The Morgan fingerprint density at radius 1 is 1.47 bits per heavy atom. The molecule has 0 aliphatic carbocycles. The molecule has 4 heteroatoms. The summed E-state index contributed by atoms with van der Waals surface area (Å²) < 4.78 is 10.5. The van der Waals surface area contributed by atoms with E-state index in [1.807, 2.05) is 12.1 Å². The van der Waals surface area contributed by atoms with Crippen LogP contribution in [0.5, 0.6) is 5.75 Å². The van der Waals surface area contributed by atoms with Crippen LogP contribution in [-0.2, 0) is 4.79 Å². The van der Waals surface area contributed by atoms with E-state index < -0.39 is 12.0 Å². The third kappa shape index (κ3) is 1.93. The number of carbonyl (C=O) groups excluding carboxylic acids is 1. The molecule has 1 heterocycles. The third-order valence-electron chi connectivity index (χ3n) is 2.14. The van der Waals surface area contributed by atoms with Crippen LogP contribution in [0.4, 0.5) is 0 Å². The summed E-state index contributed by atoms with van der Waals surface area (Å²) in [5.41, 5.74) is 5.82. The van der Waals surface area contributed by atoms with Crippen molar-refractivity contribution in [3.8, 4) is 5.75 Å². The monoisotopic (exact) mass is 205 g/mol. The van der Waals surface area contributed by atoms with Gasteiger partial charge < -0.3 is 14.9 Å². The van der Waals surface area contributed by atoms with Crippen molar-refractivity contribution in [3.63, 3.8) is 0 Å². The fourth-order valence-corrected chi connectivity index (χ4v) is 1.27. The van der Waals surface area contributed by atoms with Gasteiger partial charge in [-0.3, -0.25) is 4.79 Å². The van der Waals surface area contributed by atoms with E-state index in [2.05, 4.69) is 0 Å². The Labute approximate surface area is 86.6 Å². The highest BCUT2D eigenvalue weighted by Crippen LogP contribution is 2.22. The number of nitrogens with two attached hydrogens (primary N) is 1. The molecule has 1 aromatic carbocycles. The molecule has 2 rings (SSSR count). The molecule has 0 radical (unpaired) electrons. The average molecular weight is 205 g/mol. The molecule has 2 aromatic rings. The zero-order valence-corrected chi connectivity index (χ0v) is 8.27. The number of carbonyl (C=O) groups is 1. The lowest BCUT2D eigenvalue weighted by Crippen LogP contribution is -2.30. The van der Waals surface area contributed by atoms with Gasteiger partial charge in [0.25, 0.3) is 5.91 Å². The second-order valence-electron chi connectivity index (χ2n) is 3.28. The molecule has 2 N–H and O–H groups in total. The quantitative estimate of drug-likeness (QED) is 0.829. The molecule has 0 aliphatic rings. The van der Waals surface area contributed by atoms with Crippen LogP contribution < -0.4 is 10.5 Å². The van der Waals surface area contributed by atoms with E-state index in [0.29, 0.717) is 5.75 Å². The van der Waals surface area contributed by atoms with Gasteiger partial charge in [0.1, 0.15) is 11.3 Å². The molecule has 1 amide bonds. The molecule has 0 saturated carbocycles. The first-order valence-corrected chi connectivity index (χ1v) is 4.60. The lowest BCUT2D eigenvalue weighted by molar-refractivity contribution is -0.123. The molecule has 0 fully saturated rings. The van der Waals surface area contributed by atoms with E-state index in [0.717, 1.165) is 11.0 Å². The topological polar surface area (TPSA) is 65.5 Å². The maximum absolute atomic E-state index is 10.8. The highest BCUT2D eigenvalue weighted by molar-refractivity contribution is 5.80. The number of primary amides is 1. The van der Waals surface area contributed by atoms with Gasteiger partial charge in [0.05, 0.1) is 6.26 Å². The Balaban J connectivity index is 2.24. The summed E-state index contributed by atoms with van der Waals surface area (Å²) in [7, 11) is 0. The predicted molar refractivity (Wildman–Crippen MR) is 55.5 cm³/mol. The van der Waals surface area contributed by atoms with Crippen LogP contribution >= 0.6 is 0 Å². The SMILES string of the molecule is CC(Oc1ccc2ccoc2c1)C(N)=O. The number of benzene rings is 1. The van der Waals surface area contributed by atoms with Crippen molar-refractivity contribution < 1.29 is 13.9 Å². The van der Waals surface area contributed by atoms with Gasteiger partial charge in [-0.2, -0.15) is 0 Å². The molecule has 0 bridgehead atoms.